The molecule has 0 spiro atoms. The second kappa shape index (κ2) is 7.06. The van der Waals surface area contributed by atoms with E-state index in [1.807, 2.05) is 16.2 Å². The first-order valence-electron chi connectivity index (χ1n) is 10.4. The molecule has 144 valence electrons. The van der Waals surface area contributed by atoms with Crippen LogP contribution in [0.5, 0.6) is 0 Å². The van der Waals surface area contributed by atoms with Gasteiger partial charge >= 0.3 is 0 Å². The molecule has 0 unspecified atom stereocenters. The van der Waals surface area contributed by atoms with Crippen LogP contribution in [0.25, 0.3) is 11.3 Å². The lowest BCUT2D eigenvalue weighted by atomic mass is 9.92. The zero-order valence-corrected chi connectivity index (χ0v) is 16.9. The maximum atomic E-state index is 13.4. The Balaban J connectivity index is 1.56. The summed E-state index contributed by atoms with van der Waals surface area (Å²) in [6.45, 7) is 3.52. The number of rotatable bonds is 2. The Morgan fingerprint density at radius 3 is 2.67 bits per heavy atom. The monoisotopic (exact) mass is 384 g/mol. The Morgan fingerprint density at radius 1 is 1.11 bits per heavy atom. The molecular formula is C21H28N4OS. The second-order valence-electron chi connectivity index (χ2n) is 8.27. The van der Waals surface area contributed by atoms with Gasteiger partial charge in [-0.2, -0.15) is 5.10 Å². The van der Waals surface area contributed by atoms with Gasteiger partial charge < -0.3 is 9.80 Å². The molecule has 2 fully saturated rings. The summed E-state index contributed by atoms with van der Waals surface area (Å²) in [7, 11) is 2.12. The predicted molar refractivity (Wildman–Crippen MR) is 108 cm³/mol. The van der Waals surface area contributed by atoms with Crippen LogP contribution >= 0.6 is 11.3 Å². The summed E-state index contributed by atoms with van der Waals surface area (Å²) in [6, 6.07) is 2.69. The fraction of sp³-hybridized carbons (Fsp3) is 0.619. The normalized spacial score (nSPS) is 21.1. The van der Waals surface area contributed by atoms with E-state index >= 15 is 0 Å². The van der Waals surface area contributed by atoms with Crippen LogP contribution in [0.2, 0.25) is 0 Å². The van der Waals surface area contributed by atoms with Gasteiger partial charge in [0.2, 0.25) is 0 Å². The Bertz CT molecular complexity index is 840. The summed E-state index contributed by atoms with van der Waals surface area (Å²) in [5.41, 5.74) is 4.52. The molecule has 6 heteroatoms. The van der Waals surface area contributed by atoms with Gasteiger partial charge in [-0.1, -0.05) is 19.3 Å². The number of hydrogen-bond donors (Lipinski definition) is 0. The maximum Gasteiger partial charge on any atom is 0.274 e. The van der Waals surface area contributed by atoms with Crippen molar-refractivity contribution in [1.29, 1.82) is 0 Å². The van der Waals surface area contributed by atoms with Crippen LogP contribution in [-0.2, 0) is 12.8 Å². The molecule has 5 rings (SSSR count). The first-order chi connectivity index (χ1) is 13.2. The standard InChI is InChI=1S/C21H28N4OS/c1-23-10-12-24(13-11-23)21(26)19-17-7-8-18-16(9-14-27-18)20(17)25(22-19)15-5-3-2-4-6-15/h9,14-15H,2-8,10-13H2,1H3. The highest BCUT2D eigenvalue weighted by atomic mass is 32.1. The number of aromatic nitrogens is 2. The second-order valence-corrected chi connectivity index (χ2v) is 9.27. The van der Waals surface area contributed by atoms with E-state index < -0.39 is 0 Å². The van der Waals surface area contributed by atoms with Crippen molar-refractivity contribution in [2.45, 2.75) is 51.0 Å². The quantitative estimate of drug-likeness (QED) is 0.794. The van der Waals surface area contributed by atoms with Crippen molar-refractivity contribution in [2.75, 3.05) is 33.2 Å². The third-order valence-corrected chi connectivity index (χ3v) is 7.51. The Labute approximate surface area is 165 Å². The molecule has 0 N–H and O–H groups in total. The predicted octanol–water partition coefficient (Wildman–Crippen LogP) is 3.60. The highest BCUT2D eigenvalue weighted by Gasteiger charge is 2.33. The molecule has 1 amide bonds. The zero-order valence-electron chi connectivity index (χ0n) is 16.1. The van der Waals surface area contributed by atoms with Crippen LogP contribution in [0.1, 0.15) is 59.1 Å². The Hall–Kier alpha value is -1.66. The summed E-state index contributed by atoms with van der Waals surface area (Å²) < 4.78 is 2.25. The van der Waals surface area contributed by atoms with Crippen LogP contribution in [0.15, 0.2) is 11.4 Å². The molecule has 2 aliphatic carbocycles. The number of hydrogen-bond acceptors (Lipinski definition) is 4. The summed E-state index contributed by atoms with van der Waals surface area (Å²) in [4.78, 5) is 19.1. The minimum absolute atomic E-state index is 0.146. The van der Waals surface area contributed by atoms with E-state index in [1.54, 1.807) is 0 Å². The molecule has 1 aliphatic heterocycles. The van der Waals surface area contributed by atoms with Gasteiger partial charge in [0.05, 0.1) is 11.7 Å². The van der Waals surface area contributed by atoms with Crippen molar-refractivity contribution in [3.8, 4) is 11.3 Å². The molecule has 0 radical (unpaired) electrons. The minimum Gasteiger partial charge on any atom is -0.335 e. The van der Waals surface area contributed by atoms with Crippen molar-refractivity contribution in [2.24, 2.45) is 0 Å². The van der Waals surface area contributed by atoms with Crippen molar-refractivity contribution < 1.29 is 4.79 Å². The van der Waals surface area contributed by atoms with Crippen LogP contribution in [0, 0.1) is 0 Å². The molecule has 5 nitrogen and oxygen atoms in total. The Kier molecular flexibility index (Phi) is 4.56. The third kappa shape index (κ3) is 3.03. The number of amides is 1. The van der Waals surface area contributed by atoms with E-state index in [2.05, 4.69) is 28.1 Å². The number of fused-ring (bicyclic) bond motifs is 3. The van der Waals surface area contributed by atoms with Gasteiger partial charge in [0.15, 0.2) is 5.69 Å². The molecule has 0 aromatic carbocycles. The van der Waals surface area contributed by atoms with Crippen molar-refractivity contribution in [1.82, 2.24) is 19.6 Å². The average molecular weight is 385 g/mol. The summed E-state index contributed by atoms with van der Waals surface area (Å²) in [6.07, 6.45) is 8.25. The highest BCUT2D eigenvalue weighted by molar-refractivity contribution is 7.10. The molecular weight excluding hydrogens is 356 g/mol. The van der Waals surface area contributed by atoms with Gasteiger partial charge in [0.25, 0.3) is 5.91 Å². The fourth-order valence-electron chi connectivity index (χ4n) is 4.90. The van der Waals surface area contributed by atoms with E-state index in [0.717, 1.165) is 44.7 Å². The number of nitrogens with zero attached hydrogens (tertiary/aromatic N) is 4. The van der Waals surface area contributed by atoms with E-state index in [1.165, 1.54) is 53.8 Å². The first kappa shape index (κ1) is 17.4. The minimum atomic E-state index is 0.146. The third-order valence-electron chi connectivity index (χ3n) is 6.52. The van der Waals surface area contributed by atoms with E-state index in [0.29, 0.717) is 6.04 Å². The largest absolute Gasteiger partial charge is 0.335 e. The van der Waals surface area contributed by atoms with E-state index in [-0.39, 0.29) is 5.91 Å². The molecule has 1 saturated carbocycles. The van der Waals surface area contributed by atoms with Crippen LogP contribution in [0.3, 0.4) is 0 Å². The zero-order chi connectivity index (χ0) is 18.4. The summed E-state index contributed by atoms with van der Waals surface area (Å²) in [5.74, 6) is 0.146. The lowest BCUT2D eigenvalue weighted by Gasteiger charge is -2.32. The van der Waals surface area contributed by atoms with Gasteiger partial charge in [-0.25, -0.2) is 0 Å². The highest BCUT2D eigenvalue weighted by Crippen LogP contribution is 2.42. The number of carbonyl (C=O) groups excluding carboxylic acids is 1. The number of aryl methyl sites for hydroxylation is 1. The van der Waals surface area contributed by atoms with Crippen molar-refractivity contribution in [3.63, 3.8) is 0 Å². The molecule has 1 saturated heterocycles. The topological polar surface area (TPSA) is 41.4 Å². The van der Waals surface area contributed by atoms with Gasteiger partial charge in [-0.3, -0.25) is 9.48 Å². The van der Waals surface area contributed by atoms with E-state index in [4.69, 9.17) is 5.10 Å². The number of thiophene rings is 1. The van der Waals surface area contributed by atoms with Crippen molar-refractivity contribution >= 4 is 17.2 Å². The molecule has 3 aliphatic rings. The smallest absolute Gasteiger partial charge is 0.274 e. The molecule has 0 bridgehead atoms. The van der Waals surface area contributed by atoms with Gasteiger partial charge in [0, 0.05) is 42.2 Å². The Morgan fingerprint density at radius 2 is 1.89 bits per heavy atom. The number of carbonyl (C=O) groups is 1. The summed E-state index contributed by atoms with van der Waals surface area (Å²) in [5, 5.41) is 7.20. The van der Waals surface area contributed by atoms with Crippen LogP contribution < -0.4 is 0 Å². The van der Waals surface area contributed by atoms with Gasteiger partial charge in [0.1, 0.15) is 0 Å². The number of piperazine rings is 1. The lowest BCUT2D eigenvalue weighted by Crippen LogP contribution is -2.47. The SMILES string of the molecule is CN1CCN(C(=O)c2nn(C3CCCCC3)c3c2CCc2sccc2-3)CC1. The maximum absolute atomic E-state index is 13.4. The average Bonchev–Trinajstić information content (AvgIpc) is 3.33. The molecule has 0 atom stereocenters. The molecule has 2 aromatic rings. The van der Waals surface area contributed by atoms with Gasteiger partial charge in [-0.05, 0) is 44.2 Å². The first-order valence-corrected chi connectivity index (χ1v) is 11.3. The molecule has 2 aromatic heterocycles. The lowest BCUT2D eigenvalue weighted by molar-refractivity contribution is 0.0655. The summed E-state index contributed by atoms with van der Waals surface area (Å²) >= 11 is 1.85. The van der Waals surface area contributed by atoms with Crippen LogP contribution in [-0.4, -0.2) is 58.7 Å². The van der Waals surface area contributed by atoms with Crippen LogP contribution in [0.4, 0.5) is 0 Å². The van der Waals surface area contributed by atoms with E-state index in [9.17, 15) is 4.79 Å². The molecule has 27 heavy (non-hydrogen) atoms. The number of likely N-dealkylation sites (N-methyl/N-ethyl adjacent to an activating group) is 1. The molecule has 3 heterocycles. The van der Waals surface area contributed by atoms with Crippen molar-refractivity contribution in [3.05, 3.63) is 27.6 Å². The van der Waals surface area contributed by atoms with Gasteiger partial charge in [-0.15, -0.1) is 11.3 Å². The fourth-order valence-corrected chi connectivity index (χ4v) is 5.78.